The van der Waals surface area contributed by atoms with Gasteiger partial charge in [0.05, 0.1) is 5.60 Å². The van der Waals surface area contributed by atoms with Crippen LogP contribution >= 0.6 is 0 Å². The third-order valence-corrected chi connectivity index (χ3v) is 3.27. The number of benzene rings is 1. The first-order valence-electron chi connectivity index (χ1n) is 6.21. The number of phenolic OH excluding ortho intramolecular Hbond substituents is 1. The first-order valence-corrected chi connectivity index (χ1v) is 6.21. The Balaban J connectivity index is 1.88. The molecule has 1 atom stereocenters. The Morgan fingerprint density at radius 3 is 2.88 bits per heavy atom. The van der Waals surface area contributed by atoms with Crippen LogP contribution in [0.15, 0.2) is 24.3 Å². The highest BCUT2D eigenvalue weighted by atomic mass is 16.5. The van der Waals surface area contributed by atoms with E-state index in [1.807, 2.05) is 18.2 Å². The number of ether oxygens (including phenoxy) is 1. The second-order valence-corrected chi connectivity index (χ2v) is 5.31. The lowest BCUT2D eigenvalue weighted by Crippen LogP contribution is -2.43. The Morgan fingerprint density at radius 1 is 1.41 bits per heavy atom. The molecule has 17 heavy (non-hydrogen) atoms. The molecular weight excluding hydrogens is 214 g/mol. The maximum absolute atomic E-state index is 9.68. The zero-order valence-corrected chi connectivity index (χ0v) is 10.6. The molecule has 0 saturated carbocycles. The maximum atomic E-state index is 9.68. The van der Waals surface area contributed by atoms with Gasteiger partial charge in [-0.25, -0.2) is 0 Å². The van der Waals surface area contributed by atoms with Gasteiger partial charge in [0.2, 0.25) is 0 Å². The first-order chi connectivity index (χ1) is 8.07. The van der Waals surface area contributed by atoms with Gasteiger partial charge in [-0.15, -0.1) is 0 Å². The van der Waals surface area contributed by atoms with E-state index in [1.54, 1.807) is 6.07 Å². The molecule has 0 aromatic heterocycles. The van der Waals surface area contributed by atoms with Crippen LogP contribution in [-0.4, -0.2) is 23.4 Å². The molecular formula is C14H21NO2. The minimum atomic E-state index is -0.0331. The standard InChI is InChI=1S/C14H21NO2/c1-14(2)9-12(7-8-17-14)15-10-11-5-3-4-6-13(11)16/h3-6,12,15-16H,7-10H2,1-2H3. The van der Waals surface area contributed by atoms with Crippen LogP contribution in [0.25, 0.3) is 0 Å². The van der Waals surface area contributed by atoms with Crippen LogP contribution in [-0.2, 0) is 11.3 Å². The zero-order chi connectivity index (χ0) is 12.3. The summed E-state index contributed by atoms with van der Waals surface area (Å²) in [7, 11) is 0. The number of rotatable bonds is 3. The van der Waals surface area contributed by atoms with Crippen molar-refractivity contribution in [1.82, 2.24) is 5.32 Å². The molecule has 1 fully saturated rings. The second kappa shape index (κ2) is 5.07. The number of hydrogen-bond acceptors (Lipinski definition) is 3. The van der Waals surface area contributed by atoms with Crippen LogP contribution in [0, 0.1) is 0 Å². The molecule has 1 unspecified atom stereocenters. The van der Waals surface area contributed by atoms with Gasteiger partial charge in [-0.2, -0.15) is 0 Å². The highest BCUT2D eigenvalue weighted by Gasteiger charge is 2.28. The molecule has 2 N–H and O–H groups in total. The summed E-state index contributed by atoms with van der Waals surface area (Å²) in [6, 6.07) is 7.94. The Morgan fingerprint density at radius 2 is 2.18 bits per heavy atom. The highest BCUT2D eigenvalue weighted by Crippen LogP contribution is 2.24. The van der Waals surface area contributed by atoms with Crippen molar-refractivity contribution in [3.8, 4) is 5.75 Å². The molecule has 1 saturated heterocycles. The predicted octanol–water partition coefficient (Wildman–Crippen LogP) is 2.44. The molecule has 3 heteroatoms. The summed E-state index contributed by atoms with van der Waals surface area (Å²) in [6.45, 7) is 5.78. The van der Waals surface area contributed by atoms with Crippen molar-refractivity contribution in [3.63, 3.8) is 0 Å². The molecule has 0 amide bonds. The molecule has 1 aliphatic rings. The SMILES string of the molecule is CC1(C)CC(NCc2ccccc2O)CCO1. The van der Waals surface area contributed by atoms with Crippen LogP contribution in [0.5, 0.6) is 5.75 Å². The molecule has 1 aromatic carbocycles. The van der Waals surface area contributed by atoms with Crippen molar-refractivity contribution in [1.29, 1.82) is 0 Å². The van der Waals surface area contributed by atoms with E-state index in [2.05, 4.69) is 19.2 Å². The van der Waals surface area contributed by atoms with E-state index < -0.39 is 0 Å². The summed E-state index contributed by atoms with van der Waals surface area (Å²) in [6.07, 6.45) is 2.05. The molecule has 0 aliphatic carbocycles. The largest absolute Gasteiger partial charge is 0.508 e. The van der Waals surface area contributed by atoms with E-state index in [-0.39, 0.29) is 5.60 Å². The topological polar surface area (TPSA) is 41.5 Å². The van der Waals surface area contributed by atoms with Crippen LogP contribution < -0.4 is 5.32 Å². The second-order valence-electron chi connectivity index (χ2n) is 5.31. The average molecular weight is 235 g/mol. The first kappa shape index (κ1) is 12.4. The summed E-state index contributed by atoms with van der Waals surface area (Å²) in [5.41, 5.74) is 0.922. The molecule has 0 radical (unpaired) electrons. The molecule has 1 aliphatic heterocycles. The zero-order valence-electron chi connectivity index (χ0n) is 10.6. The van der Waals surface area contributed by atoms with Crippen LogP contribution in [0.1, 0.15) is 32.3 Å². The summed E-state index contributed by atoms with van der Waals surface area (Å²) in [5, 5.41) is 13.2. The van der Waals surface area contributed by atoms with Crippen LogP contribution in [0.3, 0.4) is 0 Å². The fourth-order valence-electron chi connectivity index (χ4n) is 2.32. The van der Waals surface area contributed by atoms with Gasteiger partial charge >= 0.3 is 0 Å². The molecule has 3 nitrogen and oxygen atoms in total. The summed E-state index contributed by atoms with van der Waals surface area (Å²) in [5.74, 6) is 0.367. The summed E-state index contributed by atoms with van der Waals surface area (Å²) >= 11 is 0. The minimum Gasteiger partial charge on any atom is -0.508 e. The summed E-state index contributed by atoms with van der Waals surface area (Å²) in [4.78, 5) is 0. The van der Waals surface area contributed by atoms with E-state index in [1.165, 1.54) is 0 Å². The molecule has 0 spiro atoms. The molecule has 94 valence electrons. The molecule has 1 heterocycles. The third kappa shape index (κ3) is 3.45. The minimum absolute atomic E-state index is 0.0331. The van der Waals surface area contributed by atoms with Crippen molar-refractivity contribution in [3.05, 3.63) is 29.8 Å². The molecule has 1 aromatic rings. The Labute approximate surface area is 103 Å². The van der Waals surface area contributed by atoms with Crippen molar-refractivity contribution in [2.45, 2.75) is 44.9 Å². The highest BCUT2D eigenvalue weighted by molar-refractivity contribution is 5.31. The fourth-order valence-corrected chi connectivity index (χ4v) is 2.32. The quantitative estimate of drug-likeness (QED) is 0.845. The number of phenols is 1. The van der Waals surface area contributed by atoms with Gasteiger partial charge in [-0.05, 0) is 32.8 Å². The lowest BCUT2D eigenvalue weighted by Gasteiger charge is -2.36. The normalized spacial score (nSPS) is 23.5. The lowest BCUT2D eigenvalue weighted by atomic mass is 9.94. The van der Waals surface area contributed by atoms with E-state index in [9.17, 15) is 5.11 Å². The van der Waals surface area contributed by atoms with Gasteiger partial charge in [0, 0.05) is 24.8 Å². The fraction of sp³-hybridized carbons (Fsp3) is 0.571. The Kier molecular flexibility index (Phi) is 3.69. The number of hydrogen-bond donors (Lipinski definition) is 2. The van der Waals surface area contributed by atoms with Gasteiger partial charge in [-0.1, -0.05) is 18.2 Å². The average Bonchev–Trinajstić information content (AvgIpc) is 2.27. The van der Waals surface area contributed by atoms with Gasteiger partial charge < -0.3 is 15.2 Å². The van der Waals surface area contributed by atoms with Crippen molar-refractivity contribution in [2.75, 3.05) is 6.61 Å². The smallest absolute Gasteiger partial charge is 0.120 e. The van der Waals surface area contributed by atoms with E-state index >= 15 is 0 Å². The Hall–Kier alpha value is -1.06. The van der Waals surface area contributed by atoms with Crippen molar-refractivity contribution in [2.24, 2.45) is 0 Å². The third-order valence-electron chi connectivity index (χ3n) is 3.27. The van der Waals surface area contributed by atoms with Crippen molar-refractivity contribution < 1.29 is 9.84 Å². The van der Waals surface area contributed by atoms with Gasteiger partial charge in [0.25, 0.3) is 0 Å². The van der Waals surface area contributed by atoms with E-state index in [0.717, 1.165) is 25.0 Å². The monoisotopic (exact) mass is 235 g/mol. The lowest BCUT2D eigenvalue weighted by molar-refractivity contribution is -0.0630. The predicted molar refractivity (Wildman–Crippen MR) is 68.0 cm³/mol. The van der Waals surface area contributed by atoms with Crippen LogP contribution in [0.2, 0.25) is 0 Å². The number of aromatic hydroxyl groups is 1. The summed E-state index contributed by atoms with van der Waals surface area (Å²) < 4.78 is 5.68. The Bertz CT molecular complexity index is 376. The van der Waals surface area contributed by atoms with E-state index in [0.29, 0.717) is 18.3 Å². The maximum Gasteiger partial charge on any atom is 0.120 e. The van der Waals surface area contributed by atoms with Crippen LogP contribution in [0.4, 0.5) is 0 Å². The number of nitrogens with one attached hydrogen (secondary N) is 1. The molecule has 2 rings (SSSR count). The van der Waals surface area contributed by atoms with Gasteiger partial charge in [0.15, 0.2) is 0 Å². The number of para-hydroxylation sites is 1. The van der Waals surface area contributed by atoms with Crippen molar-refractivity contribution >= 4 is 0 Å². The van der Waals surface area contributed by atoms with Gasteiger partial charge in [0.1, 0.15) is 5.75 Å². The molecule has 0 bridgehead atoms. The van der Waals surface area contributed by atoms with Gasteiger partial charge in [-0.3, -0.25) is 0 Å². The van der Waals surface area contributed by atoms with E-state index in [4.69, 9.17) is 4.74 Å².